The minimum atomic E-state index is -0.991. The molecule has 1 aliphatic carbocycles. The maximum atomic E-state index is 13.9. The lowest BCUT2D eigenvalue weighted by molar-refractivity contribution is -0.142. The highest BCUT2D eigenvalue weighted by atomic mass is 16.5. The fourth-order valence-corrected chi connectivity index (χ4v) is 6.62. The molecule has 2 amide bonds. The molecule has 0 aromatic heterocycles. The molecule has 4 aliphatic rings. The molecule has 4 fully saturated rings. The van der Waals surface area contributed by atoms with Gasteiger partial charge in [-0.1, -0.05) is 25.0 Å². The van der Waals surface area contributed by atoms with Crippen molar-refractivity contribution in [3.05, 3.63) is 35.4 Å². The zero-order chi connectivity index (χ0) is 25.4. The smallest absolute Gasteiger partial charge is 0.252 e. The molecule has 3 aliphatic heterocycles. The molecule has 3 saturated heterocycles. The number of amides is 2. The second kappa shape index (κ2) is 10.2. The number of likely N-dealkylation sites (tertiary alicyclic amines) is 2. The van der Waals surface area contributed by atoms with E-state index in [1.165, 1.54) is 5.56 Å². The fraction of sp³-hybridized carbons (Fsp3) is 0.679. The number of nitrogens with zero attached hydrogens (tertiary/aromatic N) is 2. The first kappa shape index (κ1) is 25.4. The van der Waals surface area contributed by atoms with Crippen LogP contribution < -0.4 is 5.32 Å². The SMILES string of the molecule is CO[C@H]1CN(C(=O)C2(NC(=O)c3ccc(C4CCN(C(C)C)CC4)cc3)CCCC2)[C@@H]2C(=O)CO[C@H]12. The lowest BCUT2D eigenvalue weighted by atomic mass is 9.88. The minimum absolute atomic E-state index is 0.00117. The van der Waals surface area contributed by atoms with Crippen LogP contribution in [0.25, 0.3) is 0 Å². The third kappa shape index (κ3) is 4.59. The van der Waals surface area contributed by atoms with Gasteiger partial charge in [-0.05, 0) is 76.2 Å². The first-order chi connectivity index (χ1) is 17.3. The van der Waals surface area contributed by atoms with Crippen LogP contribution in [0.3, 0.4) is 0 Å². The van der Waals surface area contributed by atoms with Crippen molar-refractivity contribution in [3.63, 3.8) is 0 Å². The van der Waals surface area contributed by atoms with Gasteiger partial charge >= 0.3 is 0 Å². The van der Waals surface area contributed by atoms with Crippen LogP contribution in [-0.4, -0.2) is 90.6 Å². The molecule has 0 spiro atoms. The van der Waals surface area contributed by atoms with Crippen LogP contribution in [0.1, 0.15) is 74.2 Å². The van der Waals surface area contributed by atoms with Crippen molar-refractivity contribution in [2.75, 3.05) is 33.4 Å². The van der Waals surface area contributed by atoms with Crippen LogP contribution in [0.2, 0.25) is 0 Å². The summed E-state index contributed by atoms with van der Waals surface area (Å²) < 4.78 is 11.2. The number of hydrogen-bond donors (Lipinski definition) is 1. The van der Waals surface area contributed by atoms with E-state index in [-0.39, 0.29) is 30.3 Å². The number of rotatable bonds is 6. The average Bonchev–Trinajstić information content (AvgIpc) is 3.61. The Bertz CT molecular complexity index is 979. The molecule has 36 heavy (non-hydrogen) atoms. The van der Waals surface area contributed by atoms with Crippen LogP contribution in [-0.2, 0) is 19.1 Å². The van der Waals surface area contributed by atoms with Gasteiger partial charge in [-0.3, -0.25) is 14.4 Å². The lowest BCUT2D eigenvalue weighted by Crippen LogP contribution is -2.60. The number of nitrogens with one attached hydrogen (secondary N) is 1. The van der Waals surface area contributed by atoms with E-state index < -0.39 is 17.7 Å². The third-order valence-electron chi connectivity index (χ3n) is 8.83. The predicted molar refractivity (Wildman–Crippen MR) is 135 cm³/mol. The molecule has 3 heterocycles. The third-order valence-corrected chi connectivity index (χ3v) is 8.83. The first-order valence-corrected chi connectivity index (χ1v) is 13.5. The van der Waals surface area contributed by atoms with Crippen molar-refractivity contribution in [2.24, 2.45) is 0 Å². The summed E-state index contributed by atoms with van der Waals surface area (Å²) in [5.41, 5.74) is 0.844. The van der Waals surface area contributed by atoms with Crippen molar-refractivity contribution in [3.8, 4) is 0 Å². The van der Waals surface area contributed by atoms with Crippen LogP contribution in [0.4, 0.5) is 0 Å². The Kier molecular flexibility index (Phi) is 7.21. The number of Topliss-reactive ketones (excluding diaryl/α,β-unsaturated/α-hetero) is 1. The van der Waals surface area contributed by atoms with Crippen molar-refractivity contribution >= 4 is 17.6 Å². The summed E-state index contributed by atoms with van der Waals surface area (Å²) in [5.74, 6) is -0.000176. The van der Waals surface area contributed by atoms with Gasteiger partial charge in [0.1, 0.15) is 30.4 Å². The highest BCUT2D eigenvalue weighted by Gasteiger charge is 2.56. The highest BCUT2D eigenvalue weighted by molar-refractivity contribution is 6.01. The normalized spacial score (nSPS) is 28.6. The van der Waals surface area contributed by atoms with E-state index in [9.17, 15) is 14.4 Å². The van der Waals surface area contributed by atoms with E-state index in [1.807, 2.05) is 12.1 Å². The summed E-state index contributed by atoms with van der Waals surface area (Å²) in [6, 6.07) is 7.85. The zero-order valence-corrected chi connectivity index (χ0v) is 21.7. The van der Waals surface area contributed by atoms with E-state index in [2.05, 4.69) is 36.2 Å². The predicted octanol–water partition coefficient (Wildman–Crippen LogP) is 2.51. The number of carbonyl (C=O) groups is 3. The highest BCUT2D eigenvalue weighted by Crippen LogP contribution is 2.37. The number of piperidine rings is 1. The van der Waals surface area contributed by atoms with Crippen molar-refractivity contribution in [2.45, 2.75) is 88.1 Å². The topological polar surface area (TPSA) is 88.2 Å². The molecule has 196 valence electrons. The minimum Gasteiger partial charge on any atom is -0.377 e. The van der Waals surface area contributed by atoms with Crippen LogP contribution >= 0.6 is 0 Å². The monoisotopic (exact) mass is 497 g/mol. The molecule has 0 unspecified atom stereocenters. The van der Waals surface area contributed by atoms with E-state index in [0.717, 1.165) is 38.8 Å². The second-order valence-corrected chi connectivity index (χ2v) is 11.2. The molecular weight excluding hydrogens is 458 g/mol. The van der Waals surface area contributed by atoms with E-state index in [4.69, 9.17) is 9.47 Å². The number of fused-ring (bicyclic) bond motifs is 1. The fourth-order valence-electron chi connectivity index (χ4n) is 6.62. The van der Waals surface area contributed by atoms with Gasteiger partial charge in [0.05, 0.1) is 6.54 Å². The Labute approximate surface area is 213 Å². The van der Waals surface area contributed by atoms with E-state index in [0.29, 0.717) is 36.9 Å². The van der Waals surface area contributed by atoms with Gasteiger partial charge in [0, 0.05) is 18.7 Å². The molecule has 1 aromatic rings. The molecule has 5 rings (SSSR count). The number of ether oxygens (including phenoxy) is 2. The van der Waals surface area contributed by atoms with Gasteiger partial charge in [0.25, 0.3) is 5.91 Å². The molecule has 0 radical (unpaired) electrons. The number of carbonyl (C=O) groups excluding carboxylic acids is 3. The summed E-state index contributed by atoms with van der Waals surface area (Å²) >= 11 is 0. The van der Waals surface area contributed by atoms with Gasteiger partial charge in [-0.25, -0.2) is 0 Å². The van der Waals surface area contributed by atoms with Gasteiger partial charge in [0.15, 0.2) is 5.78 Å². The van der Waals surface area contributed by atoms with E-state index in [1.54, 1.807) is 12.0 Å². The zero-order valence-electron chi connectivity index (χ0n) is 21.7. The lowest BCUT2D eigenvalue weighted by Gasteiger charge is -2.35. The molecule has 0 bridgehead atoms. The van der Waals surface area contributed by atoms with Gasteiger partial charge in [0.2, 0.25) is 5.91 Å². The maximum absolute atomic E-state index is 13.9. The number of hydrogen-bond acceptors (Lipinski definition) is 6. The molecular formula is C28H39N3O5. The summed E-state index contributed by atoms with van der Waals surface area (Å²) in [6.07, 6.45) is 4.37. The average molecular weight is 498 g/mol. The number of ketones is 1. The summed E-state index contributed by atoms with van der Waals surface area (Å²) in [7, 11) is 1.58. The molecule has 8 heteroatoms. The van der Waals surface area contributed by atoms with Gasteiger partial charge in [-0.2, -0.15) is 0 Å². The van der Waals surface area contributed by atoms with Crippen LogP contribution in [0.5, 0.6) is 0 Å². The van der Waals surface area contributed by atoms with Crippen LogP contribution in [0.15, 0.2) is 24.3 Å². The van der Waals surface area contributed by atoms with Crippen molar-refractivity contribution < 1.29 is 23.9 Å². The van der Waals surface area contributed by atoms with Crippen molar-refractivity contribution in [1.29, 1.82) is 0 Å². The Hall–Kier alpha value is -2.29. The molecule has 1 N–H and O–H groups in total. The Morgan fingerprint density at radius 2 is 1.78 bits per heavy atom. The Morgan fingerprint density at radius 3 is 2.39 bits per heavy atom. The second-order valence-electron chi connectivity index (χ2n) is 11.2. The van der Waals surface area contributed by atoms with Crippen LogP contribution in [0, 0.1) is 0 Å². The summed E-state index contributed by atoms with van der Waals surface area (Å²) in [5, 5.41) is 3.10. The number of methoxy groups -OCH3 is 1. The van der Waals surface area contributed by atoms with Crippen molar-refractivity contribution in [1.82, 2.24) is 15.1 Å². The molecule has 1 aromatic carbocycles. The molecule has 8 nitrogen and oxygen atoms in total. The maximum Gasteiger partial charge on any atom is 0.252 e. The largest absolute Gasteiger partial charge is 0.377 e. The van der Waals surface area contributed by atoms with Gasteiger partial charge in [-0.15, -0.1) is 0 Å². The first-order valence-electron chi connectivity index (χ1n) is 13.5. The standard InChI is InChI=1S/C28H39N3O5/c1-18(2)30-14-10-20(11-15-30)19-6-8-21(9-7-19)26(33)29-28(12-4-5-13-28)27(34)31-16-23(35-3)25-24(31)22(32)17-36-25/h6-9,18,20,23-25H,4-5,10-17H2,1-3H3,(H,29,33)/t23-,24+,25+/m0/s1. The Morgan fingerprint density at radius 1 is 1.11 bits per heavy atom. The van der Waals surface area contributed by atoms with Gasteiger partial charge < -0.3 is 24.6 Å². The summed E-state index contributed by atoms with van der Waals surface area (Å²) in [6.45, 7) is 7.00. The molecule has 3 atom stereocenters. The summed E-state index contributed by atoms with van der Waals surface area (Å²) in [4.78, 5) is 43.9. The number of benzene rings is 1. The van der Waals surface area contributed by atoms with E-state index >= 15 is 0 Å². The molecule has 1 saturated carbocycles. The quantitative estimate of drug-likeness (QED) is 0.650. The Balaban J connectivity index is 1.28.